The van der Waals surface area contributed by atoms with Gasteiger partial charge in [-0.15, -0.1) is 0 Å². The predicted molar refractivity (Wildman–Crippen MR) is 137 cm³/mol. The lowest BCUT2D eigenvalue weighted by molar-refractivity contribution is -0.0671. The first kappa shape index (κ1) is 26.9. The number of benzene rings is 2. The van der Waals surface area contributed by atoms with Crippen LogP contribution in [0.15, 0.2) is 48.5 Å². The largest absolute Gasteiger partial charge is 0.468 e. The van der Waals surface area contributed by atoms with Crippen molar-refractivity contribution in [1.82, 2.24) is 10.2 Å². The molecule has 3 rings (SSSR count). The molecule has 0 unspecified atom stereocenters. The second-order valence-corrected chi connectivity index (χ2v) is 8.80. The normalized spacial score (nSPS) is 16.7. The van der Waals surface area contributed by atoms with Crippen molar-refractivity contribution in [3.8, 4) is 5.75 Å². The molecule has 2 aromatic rings. The van der Waals surface area contributed by atoms with Crippen molar-refractivity contribution < 1.29 is 23.7 Å². The maximum absolute atomic E-state index is 12.3. The second-order valence-electron chi connectivity index (χ2n) is 8.80. The number of carbonyl (C=O) groups is 1. The highest BCUT2D eigenvalue weighted by atomic mass is 16.7. The lowest BCUT2D eigenvalue weighted by Gasteiger charge is -2.34. The Labute approximate surface area is 209 Å². The van der Waals surface area contributed by atoms with E-state index in [1.807, 2.05) is 43.3 Å². The van der Waals surface area contributed by atoms with Gasteiger partial charge < -0.3 is 29.2 Å². The van der Waals surface area contributed by atoms with Gasteiger partial charge in [0.25, 0.3) is 5.91 Å². The molecule has 1 heterocycles. The van der Waals surface area contributed by atoms with E-state index < -0.39 is 0 Å². The molecule has 1 amide bonds. The van der Waals surface area contributed by atoms with Gasteiger partial charge in [0.05, 0.1) is 12.1 Å². The van der Waals surface area contributed by atoms with E-state index in [1.54, 1.807) is 14.2 Å². The summed E-state index contributed by atoms with van der Waals surface area (Å²) in [6, 6.07) is 16.0. The van der Waals surface area contributed by atoms with Crippen LogP contribution >= 0.6 is 0 Å². The Hall–Kier alpha value is -2.65. The molecule has 192 valence electrons. The summed E-state index contributed by atoms with van der Waals surface area (Å²) in [5.41, 5.74) is 2.85. The Morgan fingerprint density at radius 2 is 1.91 bits per heavy atom. The van der Waals surface area contributed by atoms with E-state index in [0.717, 1.165) is 49.5 Å². The van der Waals surface area contributed by atoms with Gasteiger partial charge in [0.15, 0.2) is 6.79 Å². The number of rotatable bonds is 14. The van der Waals surface area contributed by atoms with Crippen LogP contribution in [0.25, 0.3) is 0 Å². The third kappa shape index (κ3) is 7.93. The minimum absolute atomic E-state index is 0.0419. The first-order chi connectivity index (χ1) is 17.0. The zero-order valence-electron chi connectivity index (χ0n) is 21.4. The van der Waals surface area contributed by atoms with Crippen molar-refractivity contribution in [3.63, 3.8) is 0 Å². The lowest BCUT2D eigenvalue weighted by Crippen LogP contribution is -2.36. The quantitative estimate of drug-likeness (QED) is 0.409. The Kier molecular flexibility index (Phi) is 10.8. The molecule has 1 aliphatic rings. The Morgan fingerprint density at radius 1 is 1.14 bits per heavy atom. The molecule has 2 aromatic carbocycles. The number of amides is 1. The predicted octanol–water partition coefficient (Wildman–Crippen LogP) is 3.68. The summed E-state index contributed by atoms with van der Waals surface area (Å²) in [5, 5.41) is 2.93. The van der Waals surface area contributed by atoms with E-state index in [0.29, 0.717) is 18.9 Å². The summed E-state index contributed by atoms with van der Waals surface area (Å²) < 4.78 is 21.6. The number of anilines is 1. The molecule has 1 saturated heterocycles. The molecule has 35 heavy (non-hydrogen) atoms. The Balaban J connectivity index is 1.79. The molecule has 8 heteroatoms. The number of methoxy groups -OCH3 is 2. The summed E-state index contributed by atoms with van der Waals surface area (Å²) >= 11 is 0. The third-order valence-electron chi connectivity index (χ3n) is 6.21. The highest BCUT2D eigenvalue weighted by Crippen LogP contribution is 2.30. The van der Waals surface area contributed by atoms with Crippen molar-refractivity contribution in [1.29, 1.82) is 0 Å². The zero-order valence-corrected chi connectivity index (χ0v) is 21.4. The molecule has 0 aromatic heterocycles. The summed E-state index contributed by atoms with van der Waals surface area (Å²) in [6.45, 7) is 5.90. The fraction of sp³-hybridized carbons (Fsp3) is 0.519. The van der Waals surface area contributed by atoms with Gasteiger partial charge in [-0.2, -0.15) is 0 Å². The van der Waals surface area contributed by atoms with Crippen molar-refractivity contribution in [2.75, 3.05) is 65.9 Å². The first-order valence-corrected chi connectivity index (χ1v) is 12.2. The third-order valence-corrected chi connectivity index (χ3v) is 6.21. The molecule has 0 aliphatic carbocycles. The summed E-state index contributed by atoms with van der Waals surface area (Å²) in [6.07, 6.45) is 2.08. The minimum atomic E-state index is -0.0419. The van der Waals surface area contributed by atoms with E-state index in [1.165, 1.54) is 0 Å². The van der Waals surface area contributed by atoms with Crippen LogP contribution in [-0.2, 0) is 14.2 Å². The van der Waals surface area contributed by atoms with Gasteiger partial charge in [0, 0.05) is 58.7 Å². The van der Waals surface area contributed by atoms with Crippen molar-refractivity contribution in [2.24, 2.45) is 0 Å². The molecule has 1 N–H and O–H groups in total. The fourth-order valence-electron chi connectivity index (χ4n) is 4.27. The number of ether oxygens (including phenoxy) is 4. The van der Waals surface area contributed by atoms with Crippen LogP contribution in [0, 0.1) is 0 Å². The van der Waals surface area contributed by atoms with E-state index in [2.05, 4.69) is 34.3 Å². The van der Waals surface area contributed by atoms with Crippen LogP contribution in [0.1, 0.15) is 41.7 Å². The van der Waals surface area contributed by atoms with Crippen molar-refractivity contribution >= 4 is 11.6 Å². The average molecular weight is 486 g/mol. The molecule has 1 aliphatic heterocycles. The molecule has 0 spiro atoms. The van der Waals surface area contributed by atoms with Gasteiger partial charge in [-0.25, -0.2) is 0 Å². The lowest BCUT2D eigenvalue weighted by atomic mass is 10.0. The number of likely N-dealkylation sites (N-methyl/N-ethyl adjacent to an activating group) is 1. The van der Waals surface area contributed by atoms with Gasteiger partial charge in [-0.1, -0.05) is 19.1 Å². The molecular weight excluding hydrogens is 446 g/mol. The monoisotopic (exact) mass is 485 g/mol. The fourth-order valence-corrected chi connectivity index (χ4v) is 4.27. The summed E-state index contributed by atoms with van der Waals surface area (Å²) in [5.74, 6) is 0.730. The van der Waals surface area contributed by atoms with Gasteiger partial charge in [-0.3, -0.25) is 9.69 Å². The average Bonchev–Trinajstić information content (AvgIpc) is 3.35. The van der Waals surface area contributed by atoms with Crippen LogP contribution in [0.4, 0.5) is 5.69 Å². The topological polar surface area (TPSA) is 72.5 Å². The molecule has 0 bridgehead atoms. The zero-order chi connectivity index (χ0) is 25.0. The van der Waals surface area contributed by atoms with Gasteiger partial charge in [-0.05, 0) is 54.8 Å². The number of nitrogens with one attached hydrogen (secondary N) is 1. The minimum Gasteiger partial charge on any atom is -0.468 e. The van der Waals surface area contributed by atoms with E-state index in [9.17, 15) is 4.79 Å². The maximum Gasteiger partial charge on any atom is 0.251 e. The molecule has 1 fully saturated rings. The number of hydrogen-bond donors (Lipinski definition) is 1. The highest BCUT2D eigenvalue weighted by molar-refractivity contribution is 5.94. The van der Waals surface area contributed by atoms with Crippen LogP contribution in [-0.4, -0.2) is 77.9 Å². The Bertz CT molecular complexity index is 908. The Morgan fingerprint density at radius 3 is 2.63 bits per heavy atom. The number of likely N-dealkylation sites (tertiary alicyclic amines) is 1. The standard InChI is InChI=1S/C27H39N3O5/c1-5-14-28-27(31)21-9-11-23(12-10-21)29(2)26(18-30-15-13-25(17-30)35-20-33-4)22-7-6-8-24(16-22)34-19-32-3/h6-12,16,25-26H,5,13-15,17-20H2,1-4H3,(H,28,31)/t25-,26-/m0/s1. The summed E-state index contributed by atoms with van der Waals surface area (Å²) in [7, 11) is 5.35. The van der Waals surface area contributed by atoms with Gasteiger partial charge in [0.2, 0.25) is 0 Å². The first-order valence-electron chi connectivity index (χ1n) is 12.2. The molecule has 0 saturated carbocycles. The van der Waals surface area contributed by atoms with E-state index in [4.69, 9.17) is 18.9 Å². The van der Waals surface area contributed by atoms with Crippen molar-refractivity contribution in [3.05, 3.63) is 59.7 Å². The van der Waals surface area contributed by atoms with E-state index >= 15 is 0 Å². The number of carbonyl (C=O) groups excluding carboxylic acids is 1. The molecule has 2 atom stereocenters. The number of nitrogens with zero attached hydrogens (tertiary/aromatic N) is 2. The summed E-state index contributed by atoms with van der Waals surface area (Å²) in [4.78, 5) is 17.0. The van der Waals surface area contributed by atoms with Crippen LogP contribution in [0.5, 0.6) is 5.75 Å². The van der Waals surface area contributed by atoms with Crippen LogP contribution in [0.3, 0.4) is 0 Å². The SMILES string of the molecule is CCCNC(=O)c1ccc(N(C)[C@@H](CN2CC[C@H](OCOC)C2)c2cccc(OCOC)c2)cc1. The molecule has 0 radical (unpaired) electrons. The maximum atomic E-state index is 12.3. The smallest absolute Gasteiger partial charge is 0.251 e. The van der Waals surface area contributed by atoms with Gasteiger partial charge in [0.1, 0.15) is 12.5 Å². The van der Waals surface area contributed by atoms with Crippen molar-refractivity contribution in [2.45, 2.75) is 31.9 Å². The highest BCUT2D eigenvalue weighted by Gasteiger charge is 2.28. The van der Waals surface area contributed by atoms with Crippen LogP contribution in [0.2, 0.25) is 0 Å². The van der Waals surface area contributed by atoms with E-state index in [-0.39, 0.29) is 24.8 Å². The second kappa shape index (κ2) is 14.0. The number of hydrogen-bond acceptors (Lipinski definition) is 7. The molecular formula is C27H39N3O5. The van der Waals surface area contributed by atoms with Crippen LogP contribution < -0.4 is 15.0 Å². The van der Waals surface area contributed by atoms with Gasteiger partial charge >= 0.3 is 0 Å². The molecule has 8 nitrogen and oxygen atoms in total.